The normalized spacial score (nSPS) is 16.1. The van der Waals surface area contributed by atoms with Gasteiger partial charge in [0.2, 0.25) is 0 Å². The predicted octanol–water partition coefficient (Wildman–Crippen LogP) is 1.63. The Bertz CT molecular complexity index is 512. The van der Waals surface area contributed by atoms with Crippen LogP contribution < -0.4 is 11.1 Å². The first-order valence-electron chi connectivity index (χ1n) is 5.51. The van der Waals surface area contributed by atoms with E-state index in [9.17, 15) is 9.59 Å². The van der Waals surface area contributed by atoms with Gasteiger partial charge in [0.1, 0.15) is 0 Å². The first-order chi connectivity index (χ1) is 8.44. The number of benzene rings is 1. The van der Waals surface area contributed by atoms with Gasteiger partial charge in [-0.05, 0) is 47.0 Å². The van der Waals surface area contributed by atoms with Crippen molar-refractivity contribution in [2.24, 2.45) is 5.41 Å². The van der Waals surface area contributed by atoms with Crippen molar-refractivity contribution >= 4 is 33.5 Å². The third-order valence-corrected chi connectivity index (χ3v) is 3.87. The third-order valence-electron chi connectivity index (χ3n) is 3.15. The van der Waals surface area contributed by atoms with E-state index in [0.717, 1.165) is 4.47 Å². The van der Waals surface area contributed by atoms with Crippen LogP contribution in [0.5, 0.6) is 0 Å². The van der Waals surface area contributed by atoms with E-state index in [1.54, 1.807) is 18.2 Å². The van der Waals surface area contributed by atoms with E-state index in [-0.39, 0.29) is 12.5 Å². The SMILES string of the molecule is Nc1cc(C(=O)NCC2(C(=O)O)CC2)ccc1Br. The second-order valence-corrected chi connectivity index (χ2v) is 5.36. The number of carbonyl (C=O) groups excluding carboxylic acids is 1. The summed E-state index contributed by atoms with van der Waals surface area (Å²) in [7, 11) is 0. The molecule has 96 valence electrons. The first kappa shape index (κ1) is 12.9. The monoisotopic (exact) mass is 312 g/mol. The van der Waals surface area contributed by atoms with Crippen LogP contribution in [0.25, 0.3) is 0 Å². The summed E-state index contributed by atoms with van der Waals surface area (Å²) in [6.07, 6.45) is 1.23. The maximum absolute atomic E-state index is 11.8. The number of anilines is 1. The molecule has 1 fully saturated rings. The maximum Gasteiger partial charge on any atom is 0.311 e. The Morgan fingerprint density at radius 1 is 1.44 bits per heavy atom. The molecule has 0 radical (unpaired) electrons. The number of amides is 1. The molecule has 0 spiro atoms. The predicted molar refractivity (Wildman–Crippen MR) is 70.2 cm³/mol. The highest BCUT2D eigenvalue weighted by atomic mass is 79.9. The third kappa shape index (κ3) is 2.48. The van der Waals surface area contributed by atoms with Crippen molar-refractivity contribution in [1.29, 1.82) is 0 Å². The average Bonchev–Trinajstić information content (AvgIpc) is 3.11. The molecular formula is C12H13BrN2O3. The van der Waals surface area contributed by atoms with E-state index < -0.39 is 11.4 Å². The van der Waals surface area contributed by atoms with Gasteiger partial charge in [-0.1, -0.05) is 0 Å². The highest BCUT2D eigenvalue weighted by molar-refractivity contribution is 9.10. The van der Waals surface area contributed by atoms with E-state index in [0.29, 0.717) is 24.1 Å². The minimum Gasteiger partial charge on any atom is -0.481 e. The van der Waals surface area contributed by atoms with Crippen LogP contribution in [0.1, 0.15) is 23.2 Å². The minimum atomic E-state index is -0.849. The second kappa shape index (κ2) is 4.61. The Labute approximate surface area is 112 Å². The molecule has 1 amide bonds. The van der Waals surface area contributed by atoms with Crippen molar-refractivity contribution in [3.05, 3.63) is 28.2 Å². The standard InChI is InChI=1S/C12H13BrN2O3/c13-8-2-1-7(5-9(8)14)10(16)15-6-12(3-4-12)11(17)18/h1-2,5H,3-4,6,14H2,(H,15,16)(H,17,18). The summed E-state index contributed by atoms with van der Waals surface area (Å²) >= 11 is 3.24. The molecule has 18 heavy (non-hydrogen) atoms. The van der Waals surface area contributed by atoms with Gasteiger partial charge < -0.3 is 16.2 Å². The molecule has 1 saturated carbocycles. The Hall–Kier alpha value is -1.56. The number of aliphatic carboxylic acids is 1. The molecule has 2 rings (SSSR count). The topological polar surface area (TPSA) is 92.4 Å². The number of halogens is 1. The summed E-state index contributed by atoms with van der Waals surface area (Å²) in [5.74, 6) is -1.15. The molecule has 1 aromatic rings. The van der Waals surface area contributed by atoms with E-state index in [2.05, 4.69) is 21.2 Å². The van der Waals surface area contributed by atoms with Crippen molar-refractivity contribution < 1.29 is 14.7 Å². The number of nitrogen functional groups attached to an aromatic ring is 1. The van der Waals surface area contributed by atoms with Crippen molar-refractivity contribution in [2.75, 3.05) is 12.3 Å². The number of nitrogens with one attached hydrogen (secondary N) is 1. The van der Waals surface area contributed by atoms with Crippen LogP contribution in [-0.2, 0) is 4.79 Å². The summed E-state index contributed by atoms with van der Waals surface area (Å²) in [5, 5.41) is 11.6. The molecule has 0 aliphatic heterocycles. The molecule has 1 aliphatic rings. The minimum absolute atomic E-state index is 0.164. The quantitative estimate of drug-likeness (QED) is 0.737. The molecular weight excluding hydrogens is 300 g/mol. The lowest BCUT2D eigenvalue weighted by atomic mass is 10.1. The van der Waals surface area contributed by atoms with Gasteiger partial charge in [-0.3, -0.25) is 9.59 Å². The fourth-order valence-corrected chi connectivity index (χ4v) is 1.90. The maximum atomic E-state index is 11.8. The zero-order valence-electron chi connectivity index (χ0n) is 9.57. The van der Waals surface area contributed by atoms with Crippen LogP contribution in [0.3, 0.4) is 0 Å². The summed E-state index contributed by atoms with van der Waals surface area (Å²) in [6, 6.07) is 4.88. The van der Waals surface area contributed by atoms with Gasteiger partial charge in [-0.25, -0.2) is 0 Å². The van der Waals surface area contributed by atoms with Gasteiger partial charge in [0.15, 0.2) is 0 Å². The van der Waals surface area contributed by atoms with E-state index in [1.165, 1.54) is 0 Å². The molecule has 0 heterocycles. The molecule has 0 unspecified atom stereocenters. The van der Waals surface area contributed by atoms with Crippen molar-refractivity contribution in [3.63, 3.8) is 0 Å². The molecule has 6 heteroatoms. The number of hydrogen-bond acceptors (Lipinski definition) is 3. The van der Waals surface area contributed by atoms with Crippen molar-refractivity contribution in [3.8, 4) is 0 Å². The van der Waals surface area contributed by atoms with E-state index >= 15 is 0 Å². The van der Waals surface area contributed by atoms with Crippen molar-refractivity contribution in [1.82, 2.24) is 5.32 Å². The van der Waals surface area contributed by atoms with Crippen LogP contribution in [0.15, 0.2) is 22.7 Å². The largest absolute Gasteiger partial charge is 0.481 e. The summed E-state index contributed by atoms with van der Waals surface area (Å²) < 4.78 is 0.725. The van der Waals surface area contributed by atoms with E-state index in [1.807, 2.05) is 0 Å². The number of nitrogens with two attached hydrogens (primary N) is 1. The lowest BCUT2D eigenvalue weighted by molar-refractivity contribution is -0.143. The highest BCUT2D eigenvalue weighted by Crippen LogP contribution is 2.45. The Morgan fingerprint density at radius 2 is 2.11 bits per heavy atom. The fraction of sp³-hybridized carbons (Fsp3) is 0.333. The molecule has 0 atom stereocenters. The first-order valence-corrected chi connectivity index (χ1v) is 6.30. The average molecular weight is 313 g/mol. The number of carbonyl (C=O) groups is 2. The van der Waals surface area contributed by atoms with Gasteiger partial charge in [0.05, 0.1) is 5.41 Å². The highest BCUT2D eigenvalue weighted by Gasteiger charge is 2.50. The lowest BCUT2D eigenvalue weighted by Gasteiger charge is -2.11. The van der Waals surface area contributed by atoms with Gasteiger partial charge >= 0.3 is 5.97 Å². The van der Waals surface area contributed by atoms with Crippen LogP contribution in [-0.4, -0.2) is 23.5 Å². The number of hydrogen-bond donors (Lipinski definition) is 3. The zero-order valence-corrected chi connectivity index (χ0v) is 11.2. The Balaban J connectivity index is 2.00. The van der Waals surface area contributed by atoms with Gasteiger partial charge in [-0.2, -0.15) is 0 Å². The fourth-order valence-electron chi connectivity index (χ4n) is 1.65. The van der Waals surface area contributed by atoms with Crippen LogP contribution in [0.4, 0.5) is 5.69 Å². The summed E-state index contributed by atoms with van der Waals surface area (Å²) in [5.41, 5.74) is 5.83. The Kier molecular flexibility index (Phi) is 3.30. The lowest BCUT2D eigenvalue weighted by Crippen LogP contribution is -2.34. The van der Waals surface area contributed by atoms with Crippen LogP contribution in [0.2, 0.25) is 0 Å². The molecule has 4 N–H and O–H groups in total. The van der Waals surface area contributed by atoms with Crippen LogP contribution >= 0.6 is 15.9 Å². The van der Waals surface area contributed by atoms with Gasteiger partial charge in [0.25, 0.3) is 5.91 Å². The van der Waals surface area contributed by atoms with Crippen LogP contribution in [0, 0.1) is 5.41 Å². The molecule has 1 aliphatic carbocycles. The molecule has 1 aromatic carbocycles. The number of rotatable bonds is 4. The number of carboxylic acid groups (broad SMARTS) is 1. The molecule has 0 bridgehead atoms. The molecule has 0 aromatic heterocycles. The zero-order chi connectivity index (χ0) is 13.3. The number of carboxylic acids is 1. The molecule has 0 saturated heterocycles. The van der Waals surface area contributed by atoms with Gasteiger partial charge in [-0.15, -0.1) is 0 Å². The second-order valence-electron chi connectivity index (χ2n) is 4.50. The molecule has 5 nitrogen and oxygen atoms in total. The van der Waals surface area contributed by atoms with Gasteiger partial charge in [0, 0.05) is 22.3 Å². The smallest absolute Gasteiger partial charge is 0.311 e. The Morgan fingerprint density at radius 3 is 2.61 bits per heavy atom. The van der Waals surface area contributed by atoms with E-state index in [4.69, 9.17) is 10.8 Å². The van der Waals surface area contributed by atoms with Crippen molar-refractivity contribution in [2.45, 2.75) is 12.8 Å². The summed E-state index contributed by atoms with van der Waals surface area (Å²) in [4.78, 5) is 22.8. The summed E-state index contributed by atoms with van der Waals surface area (Å²) in [6.45, 7) is 0.164.